The van der Waals surface area contributed by atoms with E-state index in [2.05, 4.69) is 9.47 Å². The molecule has 90 valence electrons. The summed E-state index contributed by atoms with van der Waals surface area (Å²) in [5.41, 5.74) is 0. The second-order valence-corrected chi connectivity index (χ2v) is 2.77. The fourth-order valence-corrected chi connectivity index (χ4v) is 0.866. The summed E-state index contributed by atoms with van der Waals surface area (Å²) in [7, 11) is 0. The lowest BCUT2D eigenvalue weighted by Crippen LogP contribution is -2.29. The van der Waals surface area contributed by atoms with E-state index in [9.17, 15) is 14.4 Å². The summed E-state index contributed by atoms with van der Waals surface area (Å²) in [4.78, 5) is 32.6. The van der Waals surface area contributed by atoms with Crippen LogP contribution in [0.4, 0.5) is 0 Å². The number of carbonyl (C=O) groups excluding carboxylic acids is 2. The molecule has 0 saturated heterocycles. The minimum atomic E-state index is -1.51. The maximum Gasteiger partial charge on any atom is 0.345 e. The fraction of sp³-hybridized carbons (Fsp3) is 0.500. The number of ether oxygens (including phenoxy) is 2. The molecule has 0 aromatic carbocycles. The van der Waals surface area contributed by atoms with Gasteiger partial charge in [-0.25, -0.2) is 9.59 Å². The van der Waals surface area contributed by atoms with Crippen LogP contribution < -0.4 is 0 Å². The zero-order valence-corrected chi connectivity index (χ0v) is 9.13. The Morgan fingerprint density at radius 1 is 1.38 bits per heavy atom. The van der Waals surface area contributed by atoms with Gasteiger partial charge in [-0.1, -0.05) is 6.08 Å². The van der Waals surface area contributed by atoms with Crippen molar-refractivity contribution in [2.75, 3.05) is 6.61 Å². The number of aliphatic carboxylic acids is 1. The van der Waals surface area contributed by atoms with Crippen LogP contribution in [0.25, 0.3) is 0 Å². The molecule has 6 heteroatoms. The van der Waals surface area contributed by atoms with Gasteiger partial charge in [-0.2, -0.15) is 0 Å². The van der Waals surface area contributed by atoms with E-state index >= 15 is 0 Å². The molecular weight excluding hydrogens is 216 g/mol. The lowest BCUT2D eigenvalue weighted by Gasteiger charge is -2.11. The highest BCUT2D eigenvalue weighted by Gasteiger charge is 2.25. The van der Waals surface area contributed by atoms with E-state index in [0.29, 0.717) is 0 Å². The summed E-state index contributed by atoms with van der Waals surface area (Å²) in [6, 6.07) is 0. The minimum Gasteiger partial charge on any atom is -0.478 e. The van der Waals surface area contributed by atoms with Crippen LogP contribution in [-0.2, 0) is 23.9 Å². The average molecular weight is 230 g/mol. The lowest BCUT2D eigenvalue weighted by molar-refractivity contribution is -0.165. The number of carboxylic acids is 1. The molecule has 0 rings (SSSR count). The van der Waals surface area contributed by atoms with E-state index in [-0.39, 0.29) is 6.61 Å². The highest BCUT2D eigenvalue weighted by Crippen LogP contribution is 2.02. The third kappa shape index (κ3) is 5.79. The first-order valence-corrected chi connectivity index (χ1v) is 4.73. The lowest BCUT2D eigenvalue weighted by atomic mass is 10.2. The Morgan fingerprint density at radius 3 is 2.44 bits per heavy atom. The first kappa shape index (κ1) is 14.2. The van der Waals surface area contributed by atoms with Gasteiger partial charge in [0.2, 0.25) is 6.10 Å². The number of allylic oxidation sites excluding steroid dienone is 1. The van der Waals surface area contributed by atoms with Crippen LogP contribution in [-0.4, -0.2) is 35.7 Å². The van der Waals surface area contributed by atoms with E-state index in [1.807, 2.05) is 0 Å². The van der Waals surface area contributed by atoms with Crippen LogP contribution in [0, 0.1) is 0 Å². The largest absolute Gasteiger partial charge is 0.478 e. The molecule has 0 aromatic rings. The molecule has 0 aromatic heterocycles. The van der Waals surface area contributed by atoms with Gasteiger partial charge in [0, 0.05) is 6.08 Å². The van der Waals surface area contributed by atoms with Gasteiger partial charge in [0.1, 0.15) is 0 Å². The van der Waals surface area contributed by atoms with Crippen LogP contribution in [0.1, 0.15) is 20.3 Å². The van der Waals surface area contributed by atoms with Crippen LogP contribution in [0.15, 0.2) is 12.2 Å². The SMILES string of the molecule is CC=CC(=O)OC(CC(=O)OCC)C(=O)O. The fourth-order valence-electron chi connectivity index (χ4n) is 0.866. The number of rotatable bonds is 6. The molecule has 6 nitrogen and oxygen atoms in total. The predicted molar refractivity (Wildman–Crippen MR) is 53.6 cm³/mol. The third-order valence-corrected chi connectivity index (χ3v) is 1.49. The predicted octanol–water partition coefficient (Wildman–Crippen LogP) is 0.512. The Labute approximate surface area is 92.8 Å². The second kappa shape index (κ2) is 7.44. The van der Waals surface area contributed by atoms with E-state index < -0.39 is 30.4 Å². The quantitative estimate of drug-likeness (QED) is 0.528. The van der Waals surface area contributed by atoms with Gasteiger partial charge in [-0.3, -0.25) is 4.79 Å². The van der Waals surface area contributed by atoms with Crippen molar-refractivity contribution in [1.29, 1.82) is 0 Å². The van der Waals surface area contributed by atoms with Crippen molar-refractivity contribution < 1.29 is 29.0 Å². The topological polar surface area (TPSA) is 89.9 Å². The number of carboxylic acid groups (broad SMARTS) is 1. The van der Waals surface area contributed by atoms with E-state index in [4.69, 9.17) is 5.11 Å². The van der Waals surface area contributed by atoms with Crippen molar-refractivity contribution in [3.63, 3.8) is 0 Å². The van der Waals surface area contributed by atoms with Gasteiger partial charge in [0.25, 0.3) is 0 Å². The molecule has 1 N–H and O–H groups in total. The van der Waals surface area contributed by atoms with Crippen molar-refractivity contribution in [1.82, 2.24) is 0 Å². The molecule has 1 unspecified atom stereocenters. The number of carbonyl (C=O) groups is 3. The molecule has 0 bridgehead atoms. The monoisotopic (exact) mass is 230 g/mol. The number of hydrogen-bond acceptors (Lipinski definition) is 5. The van der Waals surface area contributed by atoms with Crippen molar-refractivity contribution in [3.8, 4) is 0 Å². The summed E-state index contributed by atoms with van der Waals surface area (Å²) < 4.78 is 9.10. The van der Waals surface area contributed by atoms with E-state index in [1.165, 1.54) is 6.08 Å². The molecule has 0 amide bonds. The van der Waals surface area contributed by atoms with Crippen LogP contribution in [0.2, 0.25) is 0 Å². The maximum absolute atomic E-state index is 11.0. The molecule has 0 saturated carbocycles. The van der Waals surface area contributed by atoms with Crippen LogP contribution in [0.5, 0.6) is 0 Å². The molecule has 0 aliphatic rings. The van der Waals surface area contributed by atoms with Gasteiger partial charge in [-0.05, 0) is 13.8 Å². The molecule has 0 aliphatic carbocycles. The van der Waals surface area contributed by atoms with Crippen molar-refractivity contribution >= 4 is 17.9 Å². The Morgan fingerprint density at radius 2 is 2.00 bits per heavy atom. The smallest absolute Gasteiger partial charge is 0.345 e. The third-order valence-electron chi connectivity index (χ3n) is 1.49. The van der Waals surface area contributed by atoms with Gasteiger partial charge >= 0.3 is 17.9 Å². The van der Waals surface area contributed by atoms with E-state index in [1.54, 1.807) is 13.8 Å². The zero-order chi connectivity index (χ0) is 12.6. The summed E-state index contributed by atoms with van der Waals surface area (Å²) in [5, 5.41) is 8.70. The average Bonchev–Trinajstić information content (AvgIpc) is 2.17. The standard InChI is InChI=1S/C10H14O6/c1-3-5-8(11)16-7(10(13)14)6-9(12)15-4-2/h3,5,7H,4,6H2,1-2H3,(H,13,14). The van der Waals surface area contributed by atoms with Crippen molar-refractivity contribution in [2.45, 2.75) is 26.4 Å². The molecule has 1 atom stereocenters. The normalized spacial score (nSPS) is 12.1. The van der Waals surface area contributed by atoms with Crippen LogP contribution in [0.3, 0.4) is 0 Å². The number of hydrogen-bond donors (Lipinski definition) is 1. The molecular formula is C10H14O6. The Bertz CT molecular complexity index is 294. The highest BCUT2D eigenvalue weighted by atomic mass is 16.6. The molecule has 16 heavy (non-hydrogen) atoms. The van der Waals surface area contributed by atoms with Crippen molar-refractivity contribution in [3.05, 3.63) is 12.2 Å². The van der Waals surface area contributed by atoms with Crippen LogP contribution >= 0.6 is 0 Å². The summed E-state index contributed by atoms with van der Waals surface area (Å²) in [6.07, 6.45) is 0.474. The first-order valence-electron chi connectivity index (χ1n) is 4.73. The van der Waals surface area contributed by atoms with Gasteiger partial charge in [0.05, 0.1) is 13.0 Å². The molecule has 0 spiro atoms. The summed E-state index contributed by atoms with van der Waals surface area (Å²) in [5.74, 6) is -2.91. The first-order chi connectivity index (χ1) is 7.51. The zero-order valence-electron chi connectivity index (χ0n) is 9.13. The van der Waals surface area contributed by atoms with Gasteiger partial charge in [0.15, 0.2) is 0 Å². The summed E-state index contributed by atoms with van der Waals surface area (Å²) >= 11 is 0. The number of esters is 2. The van der Waals surface area contributed by atoms with Crippen molar-refractivity contribution in [2.24, 2.45) is 0 Å². The second-order valence-electron chi connectivity index (χ2n) is 2.77. The maximum atomic E-state index is 11.0. The Kier molecular flexibility index (Phi) is 6.58. The molecule has 0 aliphatic heterocycles. The Balaban J connectivity index is 4.34. The summed E-state index contributed by atoms with van der Waals surface area (Å²) in [6.45, 7) is 3.33. The highest BCUT2D eigenvalue weighted by molar-refractivity contribution is 5.87. The minimum absolute atomic E-state index is 0.147. The molecule has 0 heterocycles. The van der Waals surface area contributed by atoms with Gasteiger partial charge in [-0.15, -0.1) is 0 Å². The van der Waals surface area contributed by atoms with Gasteiger partial charge < -0.3 is 14.6 Å². The van der Waals surface area contributed by atoms with E-state index in [0.717, 1.165) is 6.08 Å². The Hall–Kier alpha value is -1.85. The molecule has 0 fully saturated rings. The molecule has 0 radical (unpaired) electrons.